The fourth-order valence-corrected chi connectivity index (χ4v) is 1.23. The predicted molar refractivity (Wildman–Crippen MR) is 73.5 cm³/mol. The molecular formula is C13H15NO2S. The minimum Gasteiger partial charge on any atom is -0.410 e. The fraction of sp³-hybridized carbons (Fsp3) is 0.231. The highest BCUT2D eigenvalue weighted by molar-refractivity contribution is 7.79. The van der Waals surface area contributed by atoms with Crippen LogP contribution in [0, 0.1) is 0 Å². The first-order valence-electron chi connectivity index (χ1n) is 5.16. The van der Waals surface area contributed by atoms with Crippen LogP contribution in [0.4, 0.5) is 4.79 Å². The third-order valence-corrected chi connectivity index (χ3v) is 2.42. The van der Waals surface area contributed by atoms with Crippen molar-refractivity contribution < 1.29 is 9.53 Å². The van der Waals surface area contributed by atoms with Crippen LogP contribution >= 0.6 is 12.2 Å². The maximum Gasteiger partial charge on any atom is 0.414 e. The summed E-state index contributed by atoms with van der Waals surface area (Å²) in [6.07, 6.45) is 1.48. The molecule has 0 fully saturated rings. The normalized spacial score (nSPS) is 10.9. The van der Waals surface area contributed by atoms with Gasteiger partial charge in [0, 0.05) is 25.0 Å². The van der Waals surface area contributed by atoms with Gasteiger partial charge in [-0.2, -0.15) is 0 Å². The van der Waals surface area contributed by atoms with E-state index in [4.69, 9.17) is 17.0 Å². The van der Waals surface area contributed by atoms with E-state index in [2.05, 4.69) is 0 Å². The van der Waals surface area contributed by atoms with Crippen molar-refractivity contribution >= 4 is 29.8 Å². The number of hydrogen-bond acceptors (Lipinski definition) is 3. The lowest BCUT2D eigenvalue weighted by Gasteiger charge is -2.12. The number of benzene rings is 1. The molecule has 3 nitrogen and oxygen atoms in total. The standard InChI is InChI=1S/C13H15NO2S/c1-10(9-17)8-11-6-4-5-7-12(11)16-13(15)14(2)3/h4-9H,1-3H3. The van der Waals surface area contributed by atoms with Gasteiger partial charge >= 0.3 is 6.09 Å². The Bertz CT molecular complexity index is 452. The van der Waals surface area contributed by atoms with Gasteiger partial charge in [0.25, 0.3) is 0 Å². The Morgan fingerprint density at radius 2 is 2.00 bits per heavy atom. The van der Waals surface area contributed by atoms with Crippen molar-refractivity contribution in [3.8, 4) is 5.75 Å². The highest BCUT2D eigenvalue weighted by Gasteiger charge is 2.08. The Balaban J connectivity index is 3.00. The van der Waals surface area contributed by atoms with Crippen molar-refractivity contribution in [2.75, 3.05) is 14.1 Å². The zero-order valence-electron chi connectivity index (χ0n) is 10.1. The van der Waals surface area contributed by atoms with Gasteiger partial charge in [-0.05, 0) is 24.6 Å². The lowest BCUT2D eigenvalue weighted by molar-refractivity contribution is 0.172. The molecule has 90 valence electrons. The monoisotopic (exact) mass is 249 g/mol. The lowest BCUT2D eigenvalue weighted by Crippen LogP contribution is -2.25. The van der Waals surface area contributed by atoms with E-state index in [9.17, 15) is 4.79 Å². The van der Waals surface area contributed by atoms with Gasteiger partial charge in [0.05, 0.1) is 0 Å². The van der Waals surface area contributed by atoms with E-state index in [0.29, 0.717) is 5.75 Å². The van der Waals surface area contributed by atoms with Crippen LogP contribution in [0.5, 0.6) is 5.75 Å². The van der Waals surface area contributed by atoms with Crippen LogP contribution in [0.2, 0.25) is 0 Å². The summed E-state index contributed by atoms with van der Waals surface area (Å²) in [4.78, 5) is 12.9. The first-order valence-corrected chi connectivity index (χ1v) is 5.63. The van der Waals surface area contributed by atoms with Crippen molar-refractivity contribution in [2.45, 2.75) is 6.92 Å². The van der Waals surface area contributed by atoms with Crippen molar-refractivity contribution in [1.82, 2.24) is 4.90 Å². The number of rotatable bonds is 3. The zero-order chi connectivity index (χ0) is 12.8. The quantitative estimate of drug-likeness (QED) is 0.609. The van der Waals surface area contributed by atoms with Crippen LogP contribution in [0.25, 0.3) is 6.08 Å². The van der Waals surface area contributed by atoms with Gasteiger partial charge in [0.1, 0.15) is 5.75 Å². The molecule has 1 amide bonds. The highest BCUT2D eigenvalue weighted by Crippen LogP contribution is 2.21. The van der Waals surface area contributed by atoms with Crippen molar-refractivity contribution in [3.63, 3.8) is 0 Å². The second-order valence-corrected chi connectivity index (χ2v) is 4.04. The number of para-hydroxylation sites is 1. The molecule has 0 aliphatic heterocycles. The summed E-state index contributed by atoms with van der Waals surface area (Å²) in [7, 11) is 3.28. The number of thiocarbonyl (C=S) groups is 1. The summed E-state index contributed by atoms with van der Waals surface area (Å²) in [5, 5.41) is 1.59. The van der Waals surface area contributed by atoms with Gasteiger partial charge in [-0.15, -0.1) is 0 Å². The van der Waals surface area contributed by atoms with Crippen LogP contribution < -0.4 is 4.74 Å². The number of ether oxygens (including phenoxy) is 1. The summed E-state index contributed by atoms with van der Waals surface area (Å²) in [6.45, 7) is 1.90. The molecule has 1 aromatic rings. The molecule has 17 heavy (non-hydrogen) atoms. The molecule has 0 unspecified atom stereocenters. The molecule has 0 saturated heterocycles. The second kappa shape index (κ2) is 6.15. The summed E-state index contributed by atoms with van der Waals surface area (Å²) in [5.41, 5.74) is 1.77. The smallest absolute Gasteiger partial charge is 0.410 e. The number of nitrogens with zero attached hydrogens (tertiary/aromatic N) is 1. The predicted octanol–water partition coefficient (Wildman–Crippen LogP) is 3.15. The number of amides is 1. The van der Waals surface area contributed by atoms with Gasteiger partial charge in [0.15, 0.2) is 0 Å². The SMILES string of the molecule is CC(C=S)=Cc1ccccc1OC(=O)N(C)C. The van der Waals surface area contributed by atoms with Gasteiger partial charge in [-0.1, -0.05) is 30.4 Å². The van der Waals surface area contributed by atoms with Crippen molar-refractivity contribution in [3.05, 3.63) is 35.4 Å². The molecule has 0 aromatic heterocycles. The van der Waals surface area contributed by atoms with E-state index in [1.807, 2.05) is 31.2 Å². The maximum absolute atomic E-state index is 11.5. The molecule has 1 rings (SSSR count). The Labute approximate surface area is 107 Å². The molecule has 1 aromatic carbocycles. The molecule has 0 heterocycles. The van der Waals surface area contributed by atoms with Crippen molar-refractivity contribution in [2.24, 2.45) is 0 Å². The Morgan fingerprint density at radius 3 is 2.59 bits per heavy atom. The van der Waals surface area contributed by atoms with Gasteiger partial charge in [-0.25, -0.2) is 4.79 Å². The van der Waals surface area contributed by atoms with Gasteiger partial charge in [-0.3, -0.25) is 0 Å². The lowest BCUT2D eigenvalue weighted by atomic mass is 10.1. The third-order valence-electron chi connectivity index (χ3n) is 2.05. The highest BCUT2D eigenvalue weighted by atomic mass is 32.1. The topological polar surface area (TPSA) is 29.5 Å². The van der Waals surface area contributed by atoms with Crippen LogP contribution in [0.3, 0.4) is 0 Å². The minimum absolute atomic E-state index is 0.397. The third kappa shape index (κ3) is 4.00. The van der Waals surface area contributed by atoms with Crippen LogP contribution in [-0.2, 0) is 0 Å². The van der Waals surface area contributed by atoms with Gasteiger partial charge in [0.2, 0.25) is 0 Å². The average molecular weight is 249 g/mol. The Hall–Kier alpha value is -1.68. The van der Waals surface area contributed by atoms with E-state index in [1.165, 1.54) is 4.90 Å². The van der Waals surface area contributed by atoms with Gasteiger partial charge < -0.3 is 9.64 Å². The van der Waals surface area contributed by atoms with E-state index < -0.39 is 6.09 Å². The van der Waals surface area contributed by atoms with Crippen molar-refractivity contribution in [1.29, 1.82) is 0 Å². The maximum atomic E-state index is 11.5. The minimum atomic E-state index is -0.397. The summed E-state index contributed by atoms with van der Waals surface area (Å²) >= 11 is 4.84. The largest absolute Gasteiger partial charge is 0.414 e. The molecule has 0 N–H and O–H groups in total. The fourth-order valence-electron chi connectivity index (χ4n) is 1.16. The number of allylic oxidation sites excluding steroid dienone is 1. The molecule has 0 aliphatic rings. The molecular weight excluding hydrogens is 234 g/mol. The van der Waals surface area contributed by atoms with E-state index in [1.54, 1.807) is 25.5 Å². The molecule has 0 spiro atoms. The molecule has 0 atom stereocenters. The molecule has 0 bridgehead atoms. The van der Waals surface area contributed by atoms with E-state index in [0.717, 1.165) is 11.1 Å². The number of carbonyl (C=O) groups excluding carboxylic acids is 1. The summed E-state index contributed by atoms with van der Waals surface area (Å²) in [6, 6.07) is 7.34. The van der Waals surface area contributed by atoms with Crippen LogP contribution in [-0.4, -0.2) is 30.5 Å². The van der Waals surface area contributed by atoms with Crippen LogP contribution in [0.15, 0.2) is 29.8 Å². The number of carbonyl (C=O) groups is 1. The van der Waals surface area contributed by atoms with E-state index >= 15 is 0 Å². The molecule has 0 aliphatic carbocycles. The molecule has 0 saturated carbocycles. The Kier molecular flexibility index (Phi) is 4.84. The van der Waals surface area contributed by atoms with E-state index in [-0.39, 0.29) is 0 Å². The Morgan fingerprint density at radius 1 is 1.35 bits per heavy atom. The first-order chi connectivity index (χ1) is 8.04. The summed E-state index contributed by atoms with van der Waals surface area (Å²) in [5.74, 6) is 0.530. The second-order valence-electron chi connectivity index (χ2n) is 3.81. The summed E-state index contributed by atoms with van der Waals surface area (Å²) < 4.78 is 5.25. The zero-order valence-corrected chi connectivity index (χ0v) is 11.0. The first kappa shape index (κ1) is 13.4. The molecule has 4 heteroatoms. The molecule has 0 radical (unpaired) electrons. The van der Waals surface area contributed by atoms with Crippen LogP contribution in [0.1, 0.15) is 12.5 Å². The average Bonchev–Trinajstić information content (AvgIpc) is 2.31. The number of hydrogen-bond donors (Lipinski definition) is 0.